The third kappa shape index (κ3) is 5.53. The molecule has 16 heavy (non-hydrogen) atoms. The Morgan fingerprint density at radius 1 is 1.25 bits per heavy atom. The quantitative estimate of drug-likeness (QED) is 0.794. The van der Waals surface area contributed by atoms with Gasteiger partial charge in [-0.25, -0.2) is 0 Å². The van der Waals surface area contributed by atoms with Gasteiger partial charge in [0.25, 0.3) is 0 Å². The standard InChI is InChI=1S/C14H22ClN/c1-11(2)16-10-12(3)7-8-13-5-4-6-14(15)9-13/h4-6,9,11-12,16H,7-8,10H2,1-3H3. The normalized spacial score (nSPS) is 13.1. The van der Waals surface area contributed by atoms with E-state index >= 15 is 0 Å². The molecule has 0 aliphatic heterocycles. The summed E-state index contributed by atoms with van der Waals surface area (Å²) in [4.78, 5) is 0. The molecule has 2 heteroatoms. The van der Waals surface area contributed by atoms with Gasteiger partial charge in [-0.1, -0.05) is 44.5 Å². The highest BCUT2D eigenvalue weighted by molar-refractivity contribution is 6.30. The minimum Gasteiger partial charge on any atom is -0.314 e. The summed E-state index contributed by atoms with van der Waals surface area (Å²) in [6.07, 6.45) is 2.32. The van der Waals surface area contributed by atoms with E-state index in [0.717, 1.165) is 18.0 Å². The lowest BCUT2D eigenvalue weighted by Crippen LogP contribution is -2.28. The first-order chi connectivity index (χ1) is 7.58. The Hall–Kier alpha value is -0.530. The lowest BCUT2D eigenvalue weighted by atomic mass is 10.0. The highest BCUT2D eigenvalue weighted by Crippen LogP contribution is 2.14. The molecule has 1 nitrogen and oxygen atoms in total. The van der Waals surface area contributed by atoms with Gasteiger partial charge in [0.1, 0.15) is 0 Å². The molecular formula is C14H22ClN. The Kier molecular flexibility index (Phi) is 5.86. The fourth-order valence-corrected chi connectivity index (χ4v) is 1.86. The summed E-state index contributed by atoms with van der Waals surface area (Å²) in [5.41, 5.74) is 1.34. The van der Waals surface area contributed by atoms with Crippen LogP contribution in [-0.2, 0) is 6.42 Å². The molecule has 1 aromatic rings. The zero-order chi connectivity index (χ0) is 12.0. The van der Waals surface area contributed by atoms with Crippen LogP contribution in [0.2, 0.25) is 5.02 Å². The molecule has 0 fully saturated rings. The molecule has 0 aliphatic rings. The molecule has 1 atom stereocenters. The average molecular weight is 240 g/mol. The van der Waals surface area contributed by atoms with Crippen LogP contribution in [0.15, 0.2) is 24.3 Å². The van der Waals surface area contributed by atoms with Crippen LogP contribution in [0.4, 0.5) is 0 Å². The summed E-state index contributed by atoms with van der Waals surface area (Å²) in [7, 11) is 0. The highest BCUT2D eigenvalue weighted by atomic mass is 35.5. The van der Waals surface area contributed by atoms with Gasteiger partial charge in [-0.3, -0.25) is 0 Å². The van der Waals surface area contributed by atoms with Gasteiger partial charge in [-0.15, -0.1) is 0 Å². The Balaban J connectivity index is 2.28. The fourth-order valence-electron chi connectivity index (χ4n) is 1.64. The Bertz CT molecular complexity index is 309. The molecule has 0 saturated heterocycles. The summed E-state index contributed by atoms with van der Waals surface area (Å²) in [5.74, 6) is 0.710. The zero-order valence-electron chi connectivity index (χ0n) is 10.5. The number of benzene rings is 1. The van der Waals surface area contributed by atoms with Crippen LogP contribution in [-0.4, -0.2) is 12.6 Å². The summed E-state index contributed by atoms with van der Waals surface area (Å²) >= 11 is 5.95. The van der Waals surface area contributed by atoms with Crippen molar-refractivity contribution in [1.82, 2.24) is 5.32 Å². The van der Waals surface area contributed by atoms with Gasteiger partial charge in [0.15, 0.2) is 0 Å². The number of hydrogen-bond acceptors (Lipinski definition) is 1. The first kappa shape index (κ1) is 13.5. The van der Waals surface area contributed by atoms with Crippen molar-refractivity contribution in [1.29, 1.82) is 0 Å². The van der Waals surface area contributed by atoms with Crippen molar-refractivity contribution in [2.45, 2.75) is 39.7 Å². The SMILES string of the molecule is CC(CCc1cccc(Cl)c1)CNC(C)C. The first-order valence-electron chi connectivity index (χ1n) is 6.05. The molecule has 0 aromatic heterocycles. The van der Waals surface area contributed by atoms with Crippen LogP contribution in [0.5, 0.6) is 0 Å². The molecule has 90 valence electrons. The Morgan fingerprint density at radius 2 is 2.00 bits per heavy atom. The lowest BCUT2D eigenvalue weighted by Gasteiger charge is -2.14. The Labute approximate surface area is 104 Å². The molecular weight excluding hydrogens is 218 g/mol. The summed E-state index contributed by atoms with van der Waals surface area (Å²) in [6.45, 7) is 7.76. The molecule has 0 radical (unpaired) electrons. The topological polar surface area (TPSA) is 12.0 Å². The van der Waals surface area contributed by atoms with Gasteiger partial charge in [-0.2, -0.15) is 0 Å². The number of aryl methyl sites for hydroxylation is 1. The molecule has 1 aromatic carbocycles. The monoisotopic (exact) mass is 239 g/mol. The van der Waals surface area contributed by atoms with Gasteiger partial charge >= 0.3 is 0 Å². The fraction of sp³-hybridized carbons (Fsp3) is 0.571. The molecule has 1 rings (SSSR count). The van der Waals surface area contributed by atoms with Gasteiger partial charge in [0.05, 0.1) is 0 Å². The predicted octanol–water partition coefficient (Wildman–Crippen LogP) is 3.91. The molecule has 1 N–H and O–H groups in total. The van der Waals surface area contributed by atoms with E-state index in [-0.39, 0.29) is 0 Å². The van der Waals surface area contributed by atoms with Crippen molar-refractivity contribution < 1.29 is 0 Å². The van der Waals surface area contributed by atoms with Gasteiger partial charge in [0, 0.05) is 11.1 Å². The maximum atomic E-state index is 5.95. The second-order valence-corrected chi connectivity index (χ2v) is 5.27. The van der Waals surface area contributed by atoms with Gasteiger partial charge in [-0.05, 0) is 43.0 Å². The predicted molar refractivity (Wildman–Crippen MR) is 72.1 cm³/mol. The average Bonchev–Trinajstić information content (AvgIpc) is 2.23. The first-order valence-corrected chi connectivity index (χ1v) is 6.43. The molecule has 1 unspecified atom stereocenters. The summed E-state index contributed by atoms with van der Waals surface area (Å²) < 4.78 is 0. The van der Waals surface area contributed by atoms with Crippen LogP contribution >= 0.6 is 11.6 Å². The van der Waals surface area contributed by atoms with Crippen molar-refractivity contribution >= 4 is 11.6 Å². The van der Waals surface area contributed by atoms with Crippen molar-refractivity contribution in [2.75, 3.05) is 6.54 Å². The third-order valence-corrected chi connectivity index (χ3v) is 2.92. The third-order valence-electron chi connectivity index (χ3n) is 2.69. The van der Waals surface area contributed by atoms with Crippen molar-refractivity contribution in [3.05, 3.63) is 34.9 Å². The van der Waals surface area contributed by atoms with Gasteiger partial charge < -0.3 is 5.32 Å². The van der Waals surface area contributed by atoms with E-state index in [1.54, 1.807) is 0 Å². The van der Waals surface area contributed by atoms with Crippen LogP contribution in [0.3, 0.4) is 0 Å². The van der Waals surface area contributed by atoms with E-state index in [1.165, 1.54) is 12.0 Å². The van der Waals surface area contributed by atoms with Crippen LogP contribution in [0.25, 0.3) is 0 Å². The van der Waals surface area contributed by atoms with E-state index < -0.39 is 0 Å². The molecule has 0 aliphatic carbocycles. The molecule has 0 bridgehead atoms. The second kappa shape index (κ2) is 6.93. The number of rotatable bonds is 6. The minimum absolute atomic E-state index is 0.577. The lowest BCUT2D eigenvalue weighted by molar-refractivity contribution is 0.454. The van der Waals surface area contributed by atoms with Crippen LogP contribution in [0.1, 0.15) is 32.8 Å². The Morgan fingerprint density at radius 3 is 2.62 bits per heavy atom. The molecule has 0 heterocycles. The maximum absolute atomic E-state index is 5.95. The van der Waals surface area contributed by atoms with Crippen LogP contribution in [0, 0.1) is 5.92 Å². The zero-order valence-corrected chi connectivity index (χ0v) is 11.2. The smallest absolute Gasteiger partial charge is 0.0408 e. The minimum atomic E-state index is 0.577. The molecule has 0 saturated carbocycles. The van der Waals surface area contributed by atoms with E-state index in [4.69, 9.17) is 11.6 Å². The maximum Gasteiger partial charge on any atom is 0.0408 e. The summed E-state index contributed by atoms with van der Waals surface area (Å²) in [6, 6.07) is 8.73. The highest BCUT2D eigenvalue weighted by Gasteiger charge is 2.03. The number of halogens is 1. The second-order valence-electron chi connectivity index (χ2n) is 4.84. The van der Waals surface area contributed by atoms with E-state index in [1.807, 2.05) is 12.1 Å². The largest absolute Gasteiger partial charge is 0.314 e. The molecule has 0 amide bonds. The summed E-state index contributed by atoms with van der Waals surface area (Å²) in [5, 5.41) is 4.31. The van der Waals surface area contributed by atoms with E-state index in [2.05, 4.69) is 38.2 Å². The molecule has 0 spiro atoms. The van der Waals surface area contributed by atoms with Crippen molar-refractivity contribution in [3.8, 4) is 0 Å². The van der Waals surface area contributed by atoms with E-state index in [0.29, 0.717) is 12.0 Å². The van der Waals surface area contributed by atoms with Crippen molar-refractivity contribution in [2.24, 2.45) is 5.92 Å². The van der Waals surface area contributed by atoms with Crippen molar-refractivity contribution in [3.63, 3.8) is 0 Å². The number of nitrogens with one attached hydrogen (secondary N) is 1. The van der Waals surface area contributed by atoms with Gasteiger partial charge in [0.2, 0.25) is 0 Å². The van der Waals surface area contributed by atoms with Crippen LogP contribution < -0.4 is 5.32 Å². The van der Waals surface area contributed by atoms with E-state index in [9.17, 15) is 0 Å². The number of hydrogen-bond donors (Lipinski definition) is 1.